The average Bonchev–Trinajstić information content (AvgIpc) is 2.30. The SMILES string of the molecule is CC.CCc1ccc2c(n1)NC(=O)CO2. The molecule has 0 saturated heterocycles. The van der Waals surface area contributed by atoms with Gasteiger partial charge in [-0.1, -0.05) is 20.8 Å². The van der Waals surface area contributed by atoms with Gasteiger partial charge in [0.15, 0.2) is 18.2 Å². The van der Waals surface area contributed by atoms with Crippen molar-refractivity contribution >= 4 is 11.7 Å². The Hall–Kier alpha value is -1.58. The average molecular weight is 208 g/mol. The number of amides is 1. The summed E-state index contributed by atoms with van der Waals surface area (Å²) in [5, 5.41) is 2.66. The summed E-state index contributed by atoms with van der Waals surface area (Å²) in [5.41, 5.74) is 0.949. The molecule has 1 amide bonds. The molecular formula is C11H16N2O2. The number of nitrogens with one attached hydrogen (secondary N) is 1. The van der Waals surface area contributed by atoms with Crippen molar-refractivity contribution in [1.82, 2.24) is 4.98 Å². The maximum atomic E-state index is 10.9. The molecule has 0 aromatic carbocycles. The molecule has 15 heavy (non-hydrogen) atoms. The van der Waals surface area contributed by atoms with E-state index in [9.17, 15) is 4.79 Å². The fourth-order valence-electron chi connectivity index (χ4n) is 1.20. The number of fused-ring (bicyclic) bond motifs is 1. The van der Waals surface area contributed by atoms with Crippen LogP contribution in [-0.4, -0.2) is 17.5 Å². The van der Waals surface area contributed by atoms with E-state index < -0.39 is 0 Å². The highest BCUT2D eigenvalue weighted by molar-refractivity contribution is 5.94. The van der Waals surface area contributed by atoms with E-state index in [1.807, 2.05) is 32.9 Å². The van der Waals surface area contributed by atoms with Gasteiger partial charge < -0.3 is 10.1 Å². The number of ether oxygens (including phenoxy) is 1. The first kappa shape index (κ1) is 11.5. The van der Waals surface area contributed by atoms with Crippen LogP contribution >= 0.6 is 0 Å². The smallest absolute Gasteiger partial charge is 0.263 e. The summed E-state index contributed by atoms with van der Waals surface area (Å²) in [6.07, 6.45) is 0.850. The minimum Gasteiger partial charge on any atom is -0.480 e. The van der Waals surface area contributed by atoms with E-state index in [1.54, 1.807) is 0 Å². The Labute approximate surface area is 89.7 Å². The minimum atomic E-state index is -0.145. The second-order valence-electron chi connectivity index (χ2n) is 2.84. The molecule has 1 aromatic rings. The molecule has 0 bridgehead atoms. The van der Waals surface area contributed by atoms with E-state index in [0.29, 0.717) is 11.6 Å². The molecule has 1 aliphatic rings. The Morgan fingerprint density at radius 2 is 2.20 bits per heavy atom. The van der Waals surface area contributed by atoms with E-state index in [1.165, 1.54) is 0 Å². The number of nitrogens with zero attached hydrogens (tertiary/aromatic N) is 1. The zero-order valence-corrected chi connectivity index (χ0v) is 9.33. The largest absolute Gasteiger partial charge is 0.480 e. The first-order valence-corrected chi connectivity index (χ1v) is 5.22. The Morgan fingerprint density at radius 1 is 1.47 bits per heavy atom. The summed E-state index contributed by atoms with van der Waals surface area (Å²) in [4.78, 5) is 15.2. The quantitative estimate of drug-likeness (QED) is 0.768. The molecule has 1 aromatic heterocycles. The van der Waals surface area contributed by atoms with Crippen LogP contribution in [0.5, 0.6) is 5.75 Å². The Bertz CT molecular complexity index is 350. The van der Waals surface area contributed by atoms with Gasteiger partial charge in [0.2, 0.25) is 0 Å². The van der Waals surface area contributed by atoms with Crippen LogP contribution in [0.4, 0.5) is 5.82 Å². The molecule has 0 saturated carbocycles. The number of carbonyl (C=O) groups excluding carboxylic acids is 1. The third-order valence-electron chi connectivity index (χ3n) is 1.89. The van der Waals surface area contributed by atoms with Crippen LogP contribution in [0.1, 0.15) is 26.5 Å². The summed E-state index contributed by atoms with van der Waals surface area (Å²) in [6.45, 7) is 6.10. The second kappa shape index (κ2) is 5.34. The van der Waals surface area contributed by atoms with Gasteiger partial charge in [-0.15, -0.1) is 0 Å². The van der Waals surface area contributed by atoms with Crippen LogP contribution in [0.15, 0.2) is 12.1 Å². The van der Waals surface area contributed by atoms with E-state index in [0.717, 1.165) is 12.1 Å². The van der Waals surface area contributed by atoms with E-state index >= 15 is 0 Å². The zero-order chi connectivity index (χ0) is 11.3. The summed E-state index contributed by atoms with van der Waals surface area (Å²) in [5.74, 6) is 1.04. The normalized spacial score (nSPS) is 12.9. The van der Waals surface area contributed by atoms with Crippen molar-refractivity contribution in [2.45, 2.75) is 27.2 Å². The first-order valence-electron chi connectivity index (χ1n) is 5.22. The number of carbonyl (C=O) groups is 1. The number of anilines is 1. The standard InChI is InChI=1S/C9H10N2O2.C2H6/c1-2-6-3-4-7-9(10-6)11-8(12)5-13-7;1-2/h3-4H,2,5H2,1H3,(H,10,11,12);1-2H3. The van der Waals surface area contributed by atoms with E-state index in [2.05, 4.69) is 10.3 Å². The van der Waals surface area contributed by atoms with Crippen molar-refractivity contribution in [2.24, 2.45) is 0 Å². The molecule has 4 heteroatoms. The molecule has 0 aliphatic carbocycles. The highest BCUT2D eigenvalue weighted by Gasteiger charge is 2.16. The topological polar surface area (TPSA) is 51.2 Å². The number of aromatic nitrogens is 1. The molecule has 4 nitrogen and oxygen atoms in total. The van der Waals surface area contributed by atoms with Crippen LogP contribution in [0.2, 0.25) is 0 Å². The predicted molar refractivity (Wildman–Crippen MR) is 59.1 cm³/mol. The maximum absolute atomic E-state index is 10.9. The minimum absolute atomic E-state index is 0.0835. The van der Waals surface area contributed by atoms with Crippen LogP contribution in [0, 0.1) is 0 Å². The number of hydrogen-bond acceptors (Lipinski definition) is 3. The van der Waals surface area contributed by atoms with Crippen molar-refractivity contribution in [3.05, 3.63) is 17.8 Å². The van der Waals surface area contributed by atoms with Gasteiger partial charge in [0.1, 0.15) is 0 Å². The lowest BCUT2D eigenvalue weighted by molar-refractivity contribution is -0.118. The first-order chi connectivity index (χ1) is 7.29. The van der Waals surface area contributed by atoms with E-state index in [-0.39, 0.29) is 12.5 Å². The summed E-state index contributed by atoms with van der Waals surface area (Å²) in [7, 11) is 0. The molecule has 0 fully saturated rings. The Morgan fingerprint density at radius 3 is 2.87 bits per heavy atom. The third-order valence-corrected chi connectivity index (χ3v) is 1.89. The van der Waals surface area contributed by atoms with Gasteiger partial charge in [-0.05, 0) is 18.6 Å². The summed E-state index contributed by atoms with van der Waals surface area (Å²) < 4.78 is 5.16. The lowest BCUT2D eigenvalue weighted by Crippen LogP contribution is -2.26. The molecule has 1 aliphatic heterocycles. The second-order valence-corrected chi connectivity index (χ2v) is 2.84. The van der Waals surface area contributed by atoms with Crippen LogP contribution in [0.3, 0.4) is 0 Å². The van der Waals surface area contributed by atoms with E-state index in [4.69, 9.17) is 4.74 Å². The van der Waals surface area contributed by atoms with Gasteiger partial charge in [0, 0.05) is 5.69 Å². The number of aryl methyl sites for hydroxylation is 1. The molecule has 0 atom stereocenters. The monoisotopic (exact) mass is 208 g/mol. The highest BCUT2D eigenvalue weighted by Crippen LogP contribution is 2.25. The van der Waals surface area contributed by atoms with Gasteiger partial charge in [0.05, 0.1) is 0 Å². The zero-order valence-electron chi connectivity index (χ0n) is 9.33. The molecule has 1 N–H and O–H groups in total. The molecule has 0 spiro atoms. The van der Waals surface area contributed by atoms with Gasteiger partial charge in [0.25, 0.3) is 5.91 Å². The molecule has 2 heterocycles. The Kier molecular flexibility index (Phi) is 4.09. The van der Waals surface area contributed by atoms with Crippen molar-refractivity contribution < 1.29 is 9.53 Å². The molecule has 0 radical (unpaired) electrons. The number of pyridine rings is 1. The van der Waals surface area contributed by atoms with Gasteiger partial charge in [-0.2, -0.15) is 0 Å². The lowest BCUT2D eigenvalue weighted by atomic mass is 10.2. The van der Waals surface area contributed by atoms with Gasteiger partial charge in [-0.25, -0.2) is 4.98 Å². The molecule has 0 unspecified atom stereocenters. The molecular weight excluding hydrogens is 192 g/mol. The third kappa shape index (κ3) is 2.68. The van der Waals surface area contributed by atoms with Gasteiger partial charge >= 0.3 is 0 Å². The highest BCUT2D eigenvalue weighted by atomic mass is 16.5. The molecule has 82 valence electrons. The van der Waals surface area contributed by atoms with Crippen molar-refractivity contribution in [1.29, 1.82) is 0 Å². The van der Waals surface area contributed by atoms with Crippen molar-refractivity contribution in [3.8, 4) is 5.75 Å². The fourth-order valence-corrected chi connectivity index (χ4v) is 1.20. The maximum Gasteiger partial charge on any atom is 0.263 e. The fraction of sp³-hybridized carbons (Fsp3) is 0.455. The van der Waals surface area contributed by atoms with Crippen molar-refractivity contribution in [2.75, 3.05) is 11.9 Å². The lowest BCUT2D eigenvalue weighted by Gasteiger charge is -2.16. The van der Waals surface area contributed by atoms with Crippen molar-refractivity contribution in [3.63, 3.8) is 0 Å². The van der Waals surface area contributed by atoms with Crippen LogP contribution < -0.4 is 10.1 Å². The predicted octanol–water partition coefficient (Wildman–Crippen LogP) is 2.00. The Balaban J connectivity index is 0.000000531. The summed E-state index contributed by atoms with van der Waals surface area (Å²) >= 11 is 0. The van der Waals surface area contributed by atoms with Gasteiger partial charge in [-0.3, -0.25) is 4.79 Å². The summed E-state index contributed by atoms with van der Waals surface area (Å²) in [6, 6.07) is 3.73. The van der Waals surface area contributed by atoms with Crippen LogP contribution in [0.25, 0.3) is 0 Å². The number of rotatable bonds is 1. The van der Waals surface area contributed by atoms with Crippen LogP contribution in [-0.2, 0) is 11.2 Å². The number of hydrogen-bond donors (Lipinski definition) is 1. The molecule has 2 rings (SSSR count).